The Morgan fingerprint density at radius 1 is 1.69 bits per heavy atom. The zero-order chi connectivity index (χ0) is 10.0. The molecule has 13 heavy (non-hydrogen) atoms. The van der Waals surface area contributed by atoms with Crippen molar-refractivity contribution in [2.45, 2.75) is 19.9 Å². The van der Waals surface area contributed by atoms with Crippen LogP contribution in [0.3, 0.4) is 0 Å². The second kappa shape index (κ2) is 4.11. The van der Waals surface area contributed by atoms with Gasteiger partial charge in [-0.2, -0.15) is 5.10 Å². The molecule has 0 radical (unpaired) electrons. The second-order valence-electron chi connectivity index (χ2n) is 3.03. The molecule has 0 aliphatic carbocycles. The number of hydrogen-bond acceptors (Lipinski definition) is 3. The van der Waals surface area contributed by atoms with Gasteiger partial charge in [0.25, 0.3) is 0 Å². The Hall–Kier alpha value is -0.550. The van der Waals surface area contributed by atoms with E-state index in [0.717, 1.165) is 10.2 Å². The summed E-state index contributed by atoms with van der Waals surface area (Å²) in [6.07, 6.45) is 0. The van der Waals surface area contributed by atoms with E-state index in [2.05, 4.69) is 21.0 Å². The monoisotopic (exact) mass is 247 g/mol. The van der Waals surface area contributed by atoms with Crippen LogP contribution in [-0.2, 0) is 4.74 Å². The fraction of sp³-hybridized carbons (Fsp3) is 0.625. The Kier molecular flexibility index (Phi) is 3.33. The van der Waals surface area contributed by atoms with Crippen molar-refractivity contribution >= 4 is 21.7 Å². The Morgan fingerprint density at radius 2 is 2.31 bits per heavy atom. The lowest BCUT2D eigenvalue weighted by molar-refractivity contribution is 0.158. The molecule has 0 aliphatic rings. The number of nitrogens with two attached hydrogens (primary N) is 1. The average molecular weight is 248 g/mol. The van der Waals surface area contributed by atoms with Crippen molar-refractivity contribution < 1.29 is 4.74 Å². The number of aryl methyl sites for hydroxylation is 1. The summed E-state index contributed by atoms with van der Waals surface area (Å²) in [5.74, 6) is 0.655. The molecule has 2 N–H and O–H groups in total. The maximum Gasteiger partial charge on any atom is 0.136 e. The van der Waals surface area contributed by atoms with Gasteiger partial charge in [0.1, 0.15) is 5.82 Å². The minimum atomic E-state index is 0.162. The first-order chi connectivity index (χ1) is 6.07. The molecule has 0 saturated carbocycles. The number of aromatic nitrogens is 2. The highest BCUT2D eigenvalue weighted by atomic mass is 79.9. The van der Waals surface area contributed by atoms with E-state index in [0.29, 0.717) is 12.4 Å². The minimum Gasteiger partial charge on any atom is -0.383 e. The molecule has 0 saturated heterocycles. The molecule has 4 nitrogen and oxygen atoms in total. The van der Waals surface area contributed by atoms with E-state index in [1.807, 2.05) is 13.8 Å². The zero-order valence-electron chi connectivity index (χ0n) is 8.04. The number of rotatable bonds is 3. The predicted octanol–water partition coefficient (Wildman–Crippen LogP) is 1.74. The topological polar surface area (TPSA) is 53.1 Å². The third kappa shape index (κ3) is 2.03. The highest BCUT2D eigenvalue weighted by molar-refractivity contribution is 9.10. The first-order valence-corrected chi connectivity index (χ1v) is 4.86. The van der Waals surface area contributed by atoms with E-state index in [4.69, 9.17) is 10.5 Å². The average Bonchev–Trinajstić information content (AvgIpc) is 2.33. The fourth-order valence-electron chi connectivity index (χ4n) is 1.19. The lowest BCUT2D eigenvalue weighted by Gasteiger charge is -2.12. The van der Waals surface area contributed by atoms with E-state index in [1.54, 1.807) is 11.8 Å². The van der Waals surface area contributed by atoms with Gasteiger partial charge in [-0.3, -0.25) is 0 Å². The Bertz CT molecular complexity index is 298. The van der Waals surface area contributed by atoms with Gasteiger partial charge in [-0.15, -0.1) is 0 Å². The van der Waals surface area contributed by atoms with Gasteiger partial charge in [-0.25, -0.2) is 4.68 Å². The highest BCUT2D eigenvalue weighted by Crippen LogP contribution is 2.25. The first-order valence-electron chi connectivity index (χ1n) is 4.07. The van der Waals surface area contributed by atoms with Crippen LogP contribution in [0.2, 0.25) is 0 Å². The summed E-state index contributed by atoms with van der Waals surface area (Å²) < 4.78 is 7.67. The van der Waals surface area contributed by atoms with Gasteiger partial charge in [0.2, 0.25) is 0 Å². The number of anilines is 1. The highest BCUT2D eigenvalue weighted by Gasteiger charge is 2.14. The number of methoxy groups -OCH3 is 1. The van der Waals surface area contributed by atoms with E-state index in [9.17, 15) is 0 Å². The molecule has 1 atom stereocenters. The van der Waals surface area contributed by atoms with Gasteiger partial charge in [0.05, 0.1) is 22.8 Å². The van der Waals surface area contributed by atoms with Gasteiger partial charge < -0.3 is 10.5 Å². The zero-order valence-corrected chi connectivity index (χ0v) is 9.63. The van der Waals surface area contributed by atoms with Crippen LogP contribution in [0.4, 0.5) is 5.82 Å². The molecular weight excluding hydrogens is 234 g/mol. The summed E-state index contributed by atoms with van der Waals surface area (Å²) in [7, 11) is 1.66. The molecule has 1 aromatic rings. The van der Waals surface area contributed by atoms with Crippen molar-refractivity contribution in [3.05, 3.63) is 10.2 Å². The van der Waals surface area contributed by atoms with Crippen molar-refractivity contribution in [2.24, 2.45) is 0 Å². The second-order valence-corrected chi connectivity index (χ2v) is 3.83. The third-order valence-electron chi connectivity index (χ3n) is 1.87. The van der Waals surface area contributed by atoms with E-state index < -0.39 is 0 Å². The quantitative estimate of drug-likeness (QED) is 0.886. The molecule has 0 fully saturated rings. The van der Waals surface area contributed by atoms with Crippen molar-refractivity contribution in [3.8, 4) is 0 Å². The Balaban J connectivity index is 2.94. The van der Waals surface area contributed by atoms with Gasteiger partial charge >= 0.3 is 0 Å². The summed E-state index contributed by atoms with van der Waals surface area (Å²) in [5, 5.41) is 4.29. The van der Waals surface area contributed by atoms with Crippen LogP contribution in [-0.4, -0.2) is 23.5 Å². The molecule has 0 spiro atoms. The molecule has 0 bridgehead atoms. The summed E-state index contributed by atoms with van der Waals surface area (Å²) in [4.78, 5) is 0. The van der Waals surface area contributed by atoms with Gasteiger partial charge in [0.15, 0.2) is 0 Å². The van der Waals surface area contributed by atoms with Crippen LogP contribution in [0.1, 0.15) is 18.7 Å². The molecule has 0 aromatic carbocycles. The standard InChI is InChI=1S/C8H14BrN3O/c1-5(4-13-3)12-8(10)7(9)6(2)11-12/h5H,4,10H2,1-3H3. The molecule has 1 rings (SSSR count). The first kappa shape index (κ1) is 10.5. The van der Waals surface area contributed by atoms with Crippen molar-refractivity contribution in [2.75, 3.05) is 19.5 Å². The minimum absolute atomic E-state index is 0.162. The van der Waals surface area contributed by atoms with Gasteiger partial charge in [0, 0.05) is 7.11 Å². The summed E-state index contributed by atoms with van der Waals surface area (Å²) in [5.41, 5.74) is 6.74. The number of hydrogen-bond donors (Lipinski definition) is 1. The molecule has 1 aromatic heterocycles. The molecule has 1 unspecified atom stereocenters. The molecular formula is C8H14BrN3O. The lowest BCUT2D eigenvalue weighted by Crippen LogP contribution is -2.14. The van der Waals surface area contributed by atoms with Crippen molar-refractivity contribution in [3.63, 3.8) is 0 Å². The summed E-state index contributed by atoms with van der Waals surface area (Å²) in [6.45, 7) is 4.53. The summed E-state index contributed by atoms with van der Waals surface area (Å²) in [6, 6.07) is 0.162. The van der Waals surface area contributed by atoms with Crippen LogP contribution in [0.25, 0.3) is 0 Å². The van der Waals surface area contributed by atoms with Crippen LogP contribution >= 0.6 is 15.9 Å². The SMILES string of the molecule is COCC(C)n1nc(C)c(Br)c1N. The Labute approximate surface area is 86.2 Å². The van der Waals surface area contributed by atoms with Crippen LogP contribution in [0.15, 0.2) is 4.47 Å². The van der Waals surface area contributed by atoms with E-state index >= 15 is 0 Å². The summed E-state index contributed by atoms with van der Waals surface area (Å²) >= 11 is 3.37. The maximum absolute atomic E-state index is 5.83. The van der Waals surface area contributed by atoms with Crippen LogP contribution in [0.5, 0.6) is 0 Å². The van der Waals surface area contributed by atoms with Crippen molar-refractivity contribution in [1.82, 2.24) is 9.78 Å². The largest absolute Gasteiger partial charge is 0.383 e. The number of halogens is 1. The fourth-order valence-corrected chi connectivity index (χ4v) is 1.45. The molecule has 1 heterocycles. The van der Waals surface area contributed by atoms with Gasteiger partial charge in [-0.05, 0) is 29.8 Å². The van der Waals surface area contributed by atoms with E-state index in [1.165, 1.54) is 0 Å². The number of nitrogen functional groups attached to an aromatic ring is 1. The molecule has 0 amide bonds. The number of ether oxygens (including phenoxy) is 1. The lowest BCUT2D eigenvalue weighted by atomic mass is 10.4. The van der Waals surface area contributed by atoms with Crippen LogP contribution < -0.4 is 5.73 Å². The normalized spacial score (nSPS) is 13.2. The Morgan fingerprint density at radius 3 is 2.69 bits per heavy atom. The van der Waals surface area contributed by atoms with Crippen molar-refractivity contribution in [1.29, 1.82) is 0 Å². The predicted molar refractivity (Wildman–Crippen MR) is 55.7 cm³/mol. The smallest absolute Gasteiger partial charge is 0.136 e. The van der Waals surface area contributed by atoms with Crippen LogP contribution in [0, 0.1) is 6.92 Å². The molecule has 5 heteroatoms. The number of nitrogens with zero attached hydrogens (tertiary/aromatic N) is 2. The van der Waals surface area contributed by atoms with Gasteiger partial charge in [-0.1, -0.05) is 0 Å². The van der Waals surface area contributed by atoms with E-state index in [-0.39, 0.29) is 6.04 Å². The molecule has 0 aliphatic heterocycles. The maximum atomic E-state index is 5.83. The third-order valence-corrected chi connectivity index (χ3v) is 2.85. The molecule has 74 valence electrons.